The second-order valence-corrected chi connectivity index (χ2v) is 6.17. The fraction of sp³-hybridized carbons (Fsp3) is 0.182. The number of hydrogen-bond acceptors (Lipinski definition) is 3. The van der Waals surface area contributed by atoms with Gasteiger partial charge in [-0.25, -0.2) is 0 Å². The van der Waals surface area contributed by atoms with Crippen molar-refractivity contribution in [3.05, 3.63) is 78.4 Å². The molecule has 0 fully saturated rings. The Hall–Kier alpha value is -3.14. The van der Waals surface area contributed by atoms with E-state index in [1.807, 2.05) is 72.8 Å². The van der Waals surface area contributed by atoms with Crippen LogP contribution in [-0.2, 0) is 20.7 Å². The third-order valence-corrected chi connectivity index (χ3v) is 4.16. The molecule has 0 aliphatic rings. The first kappa shape index (κ1) is 17.7. The van der Waals surface area contributed by atoms with Crippen molar-refractivity contribution in [1.29, 1.82) is 0 Å². The Labute approximate surface area is 152 Å². The Kier molecular flexibility index (Phi) is 5.64. The summed E-state index contributed by atoms with van der Waals surface area (Å²) in [5.74, 6) is -0.719. The molecule has 0 radical (unpaired) electrons. The van der Waals surface area contributed by atoms with E-state index in [-0.39, 0.29) is 18.3 Å². The van der Waals surface area contributed by atoms with Crippen LogP contribution >= 0.6 is 0 Å². The van der Waals surface area contributed by atoms with E-state index in [2.05, 4.69) is 5.32 Å². The molecular formula is C22H21NO3. The van der Waals surface area contributed by atoms with E-state index in [9.17, 15) is 9.59 Å². The Morgan fingerprint density at radius 3 is 2.38 bits per heavy atom. The highest BCUT2D eigenvalue weighted by Crippen LogP contribution is 2.19. The Bertz CT molecular complexity index is 905. The lowest BCUT2D eigenvalue weighted by atomic mass is 10.1. The van der Waals surface area contributed by atoms with Gasteiger partial charge in [-0.3, -0.25) is 9.59 Å². The monoisotopic (exact) mass is 347 g/mol. The third kappa shape index (κ3) is 4.70. The molecule has 1 N–H and O–H groups in total. The van der Waals surface area contributed by atoms with Gasteiger partial charge in [-0.1, -0.05) is 60.7 Å². The van der Waals surface area contributed by atoms with Crippen LogP contribution in [-0.4, -0.2) is 18.0 Å². The molecule has 0 aliphatic heterocycles. The number of fused-ring (bicyclic) bond motifs is 1. The minimum absolute atomic E-state index is 0.248. The van der Waals surface area contributed by atoms with Gasteiger partial charge < -0.3 is 10.1 Å². The van der Waals surface area contributed by atoms with Gasteiger partial charge in [-0.2, -0.15) is 0 Å². The predicted octanol–water partition coefficient (Wildman–Crippen LogP) is 4.34. The maximum absolute atomic E-state index is 12.3. The molecule has 0 bridgehead atoms. The molecular weight excluding hydrogens is 326 g/mol. The minimum Gasteiger partial charge on any atom is -0.453 e. The average molecular weight is 347 g/mol. The summed E-state index contributed by atoms with van der Waals surface area (Å²) in [6, 6.07) is 23.3. The summed E-state index contributed by atoms with van der Waals surface area (Å²) in [6.45, 7) is 1.58. The number of amides is 1. The molecule has 3 rings (SSSR count). The largest absolute Gasteiger partial charge is 0.453 e. The van der Waals surface area contributed by atoms with Crippen LogP contribution in [0, 0.1) is 0 Å². The van der Waals surface area contributed by atoms with Crippen LogP contribution in [0.25, 0.3) is 10.8 Å². The molecule has 3 aromatic carbocycles. The molecule has 132 valence electrons. The molecule has 1 atom stereocenters. The van der Waals surface area contributed by atoms with Crippen LogP contribution in [0.2, 0.25) is 0 Å². The number of carbonyl (C=O) groups excluding carboxylic acids is 2. The van der Waals surface area contributed by atoms with E-state index in [4.69, 9.17) is 4.74 Å². The molecule has 0 aliphatic carbocycles. The van der Waals surface area contributed by atoms with E-state index in [1.54, 1.807) is 6.92 Å². The van der Waals surface area contributed by atoms with Gasteiger partial charge in [-0.15, -0.1) is 0 Å². The zero-order valence-electron chi connectivity index (χ0n) is 14.6. The minimum atomic E-state index is -0.843. The molecule has 3 aromatic rings. The van der Waals surface area contributed by atoms with E-state index in [1.165, 1.54) is 0 Å². The average Bonchev–Trinajstić information content (AvgIpc) is 2.67. The van der Waals surface area contributed by atoms with Gasteiger partial charge in [0.2, 0.25) is 0 Å². The lowest BCUT2D eigenvalue weighted by Gasteiger charge is -2.14. The molecule has 0 unspecified atom stereocenters. The van der Waals surface area contributed by atoms with Crippen molar-refractivity contribution in [2.24, 2.45) is 0 Å². The van der Waals surface area contributed by atoms with Crippen LogP contribution in [0.1, 0.15) is 18.9 Å². The van der Waals surface area contributed by atoms with Crippen molar-refractivity contribution in [2.45, 2.75) is 25.9 Å². The van der Waals surface area contributed by atoms with E-state index >= 15 is 0 Å². The molecule has 0 aromatic heterocycles. The first-order chi connectivity index (χ1) is 12.6. The quantitative estimate of drug-likeness (QED) is 0.675. The second-order valence-electron chi connectivity index (χ2n) is 6.17. The molecule has 0 saturated heterocycles. The molecule has 0 spiro atoms. The first-order valence-corrected chi connectivity index (χ1v) is 8.65. The van der Waals surface area contributed by atoms with Gasteiger partial charge in [0.25, 0.3) is 5.91 Å². The fourth-order valence-corrected chi connectivity index (χ4v) is 2.71. The number of aryl methyl sites for hydroxylation is 1. The number of ether oxygens (including phenoxy) is 1. The van der Waals surface area contributed by atoms with Crippen molar-refractivity contribution in [1.82, 2.24) is 0 Å². The Balaban J connectivity index is 1.52. The van der Waals surface area contributed by atoms with Crippen LogP contribution in [0.3, 0.4) is 0 Å². The lowest BCUT2D eigenvalue weighted by Crippen LogP contribution is -2.30. The molecule has 0 saturated carbocycles. The van der Waals surface area contributed by atoms with Crippen molar-refractivity contribution < 1.29 is 14.3 Å². The van der Waals surface area contributed by atoms with Gasteiger partial charge >= 0.3 is 5.97 Å². The number of carbonyl (C=O) groups is 2. The fourth-order valence-electron chi connectivity index (χ4n) is 2.71. The van der Waals surface area contributed by atoms with Crippen molar-refractivity contribution in [3.63, 3.8) is 0 Å². The summed E-state index contributed by atoms with van der Waals surface area (Å²) in [5, 5.41) is 4.94. The topological polar surface area (TPSA) is 55.4 Å². The smallest absolute Gasteiger partial charge is 0.306 e. The number of esters is 1. The number of rotatable bonds is 6. The van der Waals surface area contributed by atoms with Crippen LogP contribution in [0.15, 0.2) is 72.8 Å². The van der Waals surface area contributed by atoms with Gasteiger partial charge in [0.15, 0.2) is 6.10 Å². The van der Waals surface area contributed by atoms with Crippen LogP contribution in [0.5, 0.6) is 0 Å². The lowest BCUT2D eigenvalue weighted by molar-refractivity contribution is -0.153. The van der Waals surface area contributed by atoms with Gasteiger partial charge in [0.05, 0.1) is 0 Å². The molecule has 0 heterocycles. The predicted molar refractivity (Wildman–Crippen MR) is 103 cm³/mol. The normalized spacial score (nSPS) is 11.7. The molecule has 4 heteroatoms. The van der Waals surface area contributed by atoms with Crippen molar-refractivity contribution in [2.75, 3.05) is 5.32 Å². The zero-order valence-corrected chi connectivity index (χ0v) is 14.6. The van der Waals surface area contributed by atoms with Gasteiger partial charge in [0.1, 0.15) is 0 Å². The maximum Gasteiger partial charge on any atom is 0.306 e. The number of benzene rings is 3. The van der Waals surface area contributed by atoms with Crippen LogP contribution in [0.4, 0.5) is 5.69 Å². The summed E-state index contributed by atoms with van der Waals surface area (Å²) >= 11 is 0. The molecule has 26 heavy (non-hydrogen) atoms. The summed E-state index contributed by atoms with van der Waals surface area (Å²) in [6.07, 6.45) is 0.000717. The Morgan fingerprint density at radius 2 is 1.62 bits per heavy atom. The van der Waals surface area contributed by atoms with Gasteiger partial charge in [0, 0.05) is 12.1 Å². The zero-order chi connectivity index (χ0) is 18.4. The number of hydrogen-bond donors (Lipinski definition) is 1. The van der Waals surface area contributed by atoms with Crippen LogP contribution < -0.4 is 5.32 Å². The van der Waals surface area contributed by atoms with Crippen molar-refractivity contribution >= 4 is 28.3 Å². The van der Waals surface area contributed by atoms with E-state index in [0.29, 0.717) is 12.1 Å². The summed E-state index contributed by atoms with van der Waals surface area (Å²) < 4.78 is 5.24. The number of anilines is 1. The van der Waals surface area contributed by atoms with Gasteiger partial charge in [-0.05, 0) is 41.8 Å². The summed E-state index contributed by atoms with van der Waals surface area (Å²) in [5.41, 5.74) is 1.75. The standard InChI is InChI=1S/C22H21NO3/c1-16(26-21(24)14-11-17-7-3-2-4-8-17)22(25)23-20-13-12-18-9-5-6-10-19(18)15-20/h2-10,12-13,15-16H,11,14H2,1H3,(H,23,25)/t16-/m0/s1. The maximum atomic E-state index is 12.3. The Morgan fingerprint density at radius 1 is 0.923 bits per heavy atom. The number of nitrogens with one attached hydrogen (secondary N) is 1. The summed E-state index contributed by atoms with van der Waals surface area (Å²) in [7, 11) is 0. The molecule has 4 nitrogen and oxygen atoms in total. The third-order valence-electron chi connectivity index (χ3n) is 4.16. The highest BCUT2D eigenvalue weighted by molar-refractivity contribution is 5.97. The first-order valence-electron chi connectivity index (χ1n) is 8.65. The molecule has 1 amide bonds. The van der Waals surface area contributed by atoms with E-state index in [0.717, 1.165) is 16.3 Å². The second kappa shape index (κ2) is 8.30. The highest BCUT2D eigenvalue weighted by Gasteiger charge is 2.18. The van der Waals surface area contributed by atoms with E-state index < -0.39 is 6.10 Å². The van der Waals surface area contributed by atoms with Crippen molar-refractivity contribution in [3.8, 4) is 0 Å². The summed E-state index contributed by atoms with van der Waals surface area (Å²) in [4.78, 5) is 24.2. The SMILES string of the molecule is C[C@H](OC(=O)CCc1ccccc1)C(=O)Nc1ccc2ccccc2c1. The highest BCUT2D eigenvalue weighted by atomic mass is 16.5.